The molecule has 1 aromatic rings. The molecule has 0 N–H and O–H groups in total. The van der Waals surface area contributed by atoms with Gasteiger partial charge in [0.2, 0.25) is 5.88 Å². The second kappa shape index (κ2) is 6.33. The molecular weight excluding hydrogens is 293 g/mol. The van der Waals surface area contributed by atoms with Crippen LogP contribution in [0.3, 0.4) is 0 Å². The number of ether oxygens (including phenoxy) is 3. The fraction of sp³-hybridized carbons (Fsp3) is 0.667. The Bertz CT molecular complexity index is 478. The fourth-order valence-corrected chi connectivity index (χ4v) is 1.88. The van der Waals surface area contributed by atoms with E-state index in [4.69, 9.17) is 9.47 Å². The van der Waals surface area contributed by atoms with Gasteiger partial charge in [-0.05, 0) is 6.92 Å². The predicted octanol–water partition coefficient (Wildman–Crippen LogP) is 1.79. The number of aromatic nitrogens is 2. The third-order valence-corrected chi connectivity index (χ3v) is 2.74. The first-order valence-electron chi connectivity index (χ1n) is 6.45. The molecule has 1 aliphatic heterocycles. The van der Waals surface area contributed by atoms with Crippen LogP contribution in [0.15, 0.2) is 6.07 Å². The number of rotatable bonds is 6. The van der Waals surface area contributed by atoms with Crippen LogP contribution in [-0.2, 0) is 16.0 Å². The summed E-state index contributed by atoms with van der Waals surface area (Å²) in [5, 5.41) is 4.02. The van der Waals surface area contributed by atoms with E-state index in [1.54, 1.807) is 6.92 Å². The van der Waals surface area contributed by atoms with E-state index in [-0.39, 0.29) is 25.0 Å². The maximum Gasteiger partial charge on any atom is 0.411 e. The summed E-state index contributed by atoms with van der Waals surface area (Å²) < 4.78 is 52.0. The lowest BCUT2D eigenvalue weighted by Gasteiger charge is -2.11. The maximum absolute atomic E-state index is 11.9. The minimum atomic E-state index is -4.32. The minimum absolute atomic E-state index is 0.0558. The number of alkyl halides is 3. The molecule has 2 rings (SSSR count). The molecule has 0 bridgehead atoms. The van der Waals surface area contributed by atoms with Gasteiger partial charge < -0.3 is 14.2 Å². The molecule has 0 aliphatic carbocycles. The number of halogens is 3. The van der Waals surface area contributed by atoms with E-state index in [9.17, 15) is 18.0 Å². The van der Waals surface area contributed by atoms with Gasteiger partial charge in [-0.2, -0.15) is 18.3 Å². The highest BCUT2D eigenvalue weighted by Gasteiger charge is 2.29. The van der Waals surface area contributed by atoms with Gasteiger partial charge in [-0.3, -0.25) is 0 Å². The number of nitrogens with zero attached hydrogens (tertiary/aromatic N) is 2. The summed E-state index contributed by atoms with van der Waals surface area (Å²) in [6, 6.07) is 1.45. The van der Waals surface area contributed by atoms with E-state index >= 15 is 0 Å². The molecule has 0 spiro atoms. The van der Waals surface area contributed by atoms with Gasteiger partial charge in [0.25, 0.3) is 0 Å². The summed E-state index contributed by atoms with van der Waals surface area (Å²) in [7, 11) is 0. The number of hydrogen-bond acceptors (Lipinski definition) is 5. The zero-order valence-corrected chi connectivity index (χ0v) is 11.4. The lowest BCUT2D eigenvalue weighted by molar-refractivity contribution is -0.174. The molecule has 0 saturated carbocycles. The van der Waals surface area contributed by atoms with Gasteiger partial charge in [0.15, 0.2) is 5.69 Å². The third kappa shape index (κ3) is 4.35. The maximum atomic E-state index is 11.9. The molecule has 1 aromatic heterocycles. The molecule has 1 unspecified atom stereocenters. The van der Waals surface area contributed by atoms with Crippen LogP contribution in [0, 0.1) is 0 Å². The predicted molar refractivity (Wildman–Crippen MR) is 64.1 cm³/mol. The topological polar surface area (TPSA) is 62.6 Å². The lowest BCUT2D eigenvalue weighted by atomic mass is 10.3. The largest absolute Gasteiger partial charge is 0.472 e. The van der Waals surface area contributed by atoms with Crippen LogP contribution >= 0.6 is 0 Å². The Morgan fingerprint density at radius 1 is 1.57 bits per heavy atom. The Morgan fingerprint density at radius 3 is 2.95 bits per heavy atom. The highest BCUT2D eigenvalue weighted by molar-refractivity contribution is 5.87. The van der Waals surface area contributed by atoms with Crippen LogP contribution in [0.4, 0.5) is 13.2 Å². The molecule has 9 heteroatoms. The molecule has 0 radical (unpaired) electrons. The first kappa shape index (κ1) is 15.6. The van der Waals surface area contributed by atoms with E-state index in [0.29, 0.717) is 18.8 Å². The van der Waals surface area contributed by atoms with E-state index in [2.05, 4.69) is 9.84 Å². The van der Waals surface area contributed by atoms with Crippen LogP contribution in [0.5, 0.6) is 5.88 Å². The molecule has 118 valence electrons. The Balaban J connectivity index is 1.76. The van der Waals surface area contributed by atoms with Crippen LogP contribution in [0.2, 0.25) is 0 Å². The zero-order valence-electron chi connectivity index (χ0n) is 11.4. The molecular formula is C12H15F3N2O4. The highest BCUT2D eigenvalue weighted by Crippen LogP contribution is 2.24. The van der Waals surface area contributed by atoms with E-state index in [1.807, 2.05) is 0 Å². The van der Waals surface area contributed by atoms with Gasteiger partial charge in [0.1, 0.15) is 12.7 Å². The summed E-state index contributed by atoms with van der Waals surface area (Å²) >= 11 is 0. The first-order chi connectivity index (χ1) is 9.89. The quantitative estimate of drug-likeness (QED) is 0.592. The zero-order chi connectivity index (χ0) is 15.5. The number of esters is 1. The van der Waals surface area contributed by atoms with Crippen molar-refractivity contribution in [1.29, 1.82) is 0 Å². The first-order valence-corrected chi connectivity index (χ1v) is 6.45. The second-order valence-electron chi connectivity index (χ2n) is 4.47. The minimum Gasteiger partial charge on any atom is -0.472 e. The number of carbonyl (C=O) groups excluding carboxylic acids is 1. The fourth-order valence-electron chi connectivity index (χ4n) is 1.88. The van der Waals surface area contributed by atoms with Crippen LogP contribution in [-0.4, -0.2) is 47.9 Å². The Kier molecular flexibility index (Phi) is 4.71. The van der Waals surface area contributed by atoms with Gasteiger partial charge in [-0.1, -0.05) is 0 Å². The average Bonchev–Trinajstić information content (AvgIpc) is 2.91. The molecule has 2 heterocycles. The average molecular weight is 308 g/mol. The Morgan fingerprint density at radius 2 is 2.33 bits per heavy atom. The van der Waals surface area contributed by atoms with Crippen LogP contribution in [0.25, 0.3) is 0 Å². The van der Waals surface area contributed by atoms with Gasteiger partial charge in [0.05, 0.1) is 19.8 Å². The summed E-state index contributed by atoms with van der Waals surface area (Å²) in [6.45, 7) is 0.983. The molecule has 0 amide bonds. The van der Waals surface area contributed by atoms with Crippen molar-refractivity contribution in [3.8, 4) is 5.88 Å². The van der Waals surface area contributed by atoms with Crippen molar-refractivity contribution in [1.82, 2.24) is 9.78 Å². The number of carbonyl (C=O) groups is 1. The summed E-state index contributed by atoms with van der Waals surface area (Å²) in [4.78, 5) is 11.5. The van der Waals surface area contributed by atoms with Gasteiger partial charge in [0, 0.05) is 12.5 Å². The van der Waals surface area contributed by atoms with Gasteiger partial charge >= 0.3 is 12.1 Å². The second-order valence-corrected chi connectivity index (χ2v) is 4.47. The van der Waals surface area contributed by atoms with Gasteiger partial charge in [-0.25, -0.2) is 9.48 Å². The van der Waals surface area contributed by atoms with Crippen LogP contribution in [0.1, 0.15) is 23.8 Å². The smallest absolute Gasteiger partial charge is 0.411 e. The molecule has 1 atom stereocenters. The van der Waals surface area contributed by atoms with Crippen molar-refractivity contribution in [3.63, 3.8) is 0 Å². The highest BCUT2D eigenvalue weighted by atomic mass is 19.4. The van der Waals surface area contributed by atoms with Crippen molar-refractivity contribution in [2.45, 2.75) is 32.2 Å². The monoisotopic (exact) mass is 308 g/mol. The van der Waals surface area contributed by atoms with Gasteiger partial charge in [-0.15, -0.1) is 0 Å². The van der Waals surface area contributed by atoms with Crippen molar-refractivity contribution in [2.75, 3.05) is 19.8 Å². The molecule has 21 heavy (non-hydrogen) atoms. The summed E-state index contributed by atoms with van der Waals surface area (Å²) in [5.41, 5.74) is 0.152. The number of fused-ring (bicyclic) bond motifs is 1. The van der Waals surface area contributed by atoms with Crippen molar-refractivity contribution in [2.24, 2.45) is 0 Å². The molecule has 0 saturated heterocycles. The molecule has 6 nitrogen and oxygen atoms in total. The normalized spacial score (nSPS) is 17.4. The Hall–Kier alpha value is -1.77. The number of hydrogen-bond donors (Lipinski definition) is 0. The van der Waals surface area contributed by atoms with E-state index in [0.717, 1.165) is 0 Å². The van der Waals surface area contributed by atoms with Crippen molar-refractivity contribution < 1.29 is 32.2 Å². The standard InChI is InChI=1S/C12H15F3N2O4/c1-2-20-11(18)9-5-10-17(16-9)6-8(21-10)3-4-19-7-12(13,14)15/h5,8H,2-4,6-7H2,1H3. The molecule has 0 aromatic carbocycles. The summed E-state index contributed by atoms with van der Waals surface area (Å²) in [5.74, 6) is -0.132. The van der Waals surface area contributed by atoms with E-state index in [1.165, 1.54) is 10.7 Å². The lowest BCUT2D eigenvalue weighted by Crippen LogP contribution is -2.22. The SMILES string of the molecule is CCOC(=O)c1cc2n(n1)CC(CCOCC(F)(F)F)O2. The Labute approximate surface area is 118 Å². The van der Waals surface area contributed by atoms with Crippen LogP contribution < -0.4 is 4.74 Å². The molecule has 1 aliphatic rings. The third-order valence-electron chi connectivity index (χ3n) is 2.74. The van der Waals surface area contributed by atoms with Crippen molar-refractivity contribution >= 4 is 5.97 Å². The van der Waals surface area contributed by atoms with Crippen molar-refractivity contribution in [3.05, 3.63) is 11.8 Å². The molecule has 0 fully saturated rings. The van der Waals surface area contributed by atoms with E-state index < -0.39 is 18.8 Å². The summed E-state index contributed by atoms with van der Waals surface area (Å²) in [6.07, 6.45) is -4.32.